The van der Waals surface area contributed by atoms with E-state index in [1.165, 1.54) is 17.7 Å². The second-order valence-corrected chi connectivity index (χ2v) is 11.1. The molecule has 0 amide bonds. The summed E-state index contributed by atoms with van der Waals surface area (Å²) < 4.78 is 41.3. The minimum Gasteiger partial charge on any atom is -0.406 e. The summed E-state index contributed by atoms with van der Waals surface area (Å²) in [7, 11) is 0. The van der Waals surface area contributed by atoms with Gasteiger partial charge in [-0.05, 0) is 91.4 Å². The van der Waals surface area contributed by atoms with Crippen molar-refractivity contribution in [2.75, 3.05) is 0 Å². The summed E-state index contributed by atoms with van der Waals surface area (Å²) in [4.78, 5) is 0. The molecule has 0 spiro atoms. The highest BCUT2D eigenvalue weighted by molar-refractivity contribution is 5.56. The molecule has 0 unspecified atom stereocenters. The number of benzene rings is 1. The SMILES string of the molecule is C[C@]12CC[C@@H]3[C@H](CC=C4C[C@@H](O)CC[C@@]43C)[C@H]1C/C(=C/c1ccc(OC(F)(F)F)cc1)[C@H]2O. The third-order valence-corrected chi connectivity index (χ3v) is 9.41. The maximum atomic E-state index is 12.4. The number of rotatable bonds is 2. The van der Waals surface area contributed by atoms with Crippen LogP contribution in [0.2, 0.25) is 0 Å². The van der Waals surface area contributed by atoms with Crippen LogP contribution in [-0.2, 0) is 0 Å². The minimum absolute atomic E-state index is 0.148. The Bertz CT molecular complexity index is 966. The smallest absolute Gasteiger partial charge is 0.406 e. The molecule has 7 atom stereocenters. The van der Waals surface area contributed by atoms with E-state index >= 15 is 0 Å². The lowest BCUT2D eigenvalue weighted by molar-refractivity contribution is -0.274. The second kappa shape index (κ2) is 7.88. The van der Waals surface area contributed by atoms with Crippen LogP contribution in [0.4, 0.5) is 13.2 Å². The molecular weight excluding hydrogens is 429 g/mol. The lowest BCUT2D eigenvalue weighted by Gasteiger charge is -2.57. The third-order valence-electron chi connectivity index (χ3n) is 9.41. The zero-order valence-electron chi connectivity index (χ0n) is 19.2. The first-order chi connectivity index (χ1) is 15.5. The number of hydrogen-bond acceptors (Lipinski definition) is 3. The highest BCUT2D eigenvalue weighted by Gasteiger charge is 2.59. The molecule has 0 aliphatic heterocycles. The number of alkyl halides is 3. The Morgan fingerprint density at radius 2 is 1.73 bits per heavy atom. The van der Waals surface area contributed by atoms with E-state index in [9.17, 15) is 23.4 Å². The average molecular weight is 463 g/mol. The number of hydrogen-bond donors (Lipinski definition) is 2. The monoisotopic (exact) mass is 462 g/mol. The van der Waals surface area contributed by atoms with Crippen molar-refractivity contribution >= 4 is 6.08 Å². The van der Waals surface area contributed by atoms with Crippen molar-refractivity contribution in [3.63, 3.8) is 0 Å². The molecule has 3 saturated carbocycles. The molecule has 5 rings (SSSR count). The molecule has 0 radical (unpaired) electrons. The fourth-order valence-electron chi connectivity index (χ4n) is 7.62. The second-order valence-electron chi connectivity index (χ2n) is 11.1. The zero-order chi connectivity index (χ0) is 23.6. The number of aliphatic hydroxyl groups excluding tert-OH is 2. The van der Waals surface area contributed by atoms with Gasteiger partial charge in [0.25, 0.3) is 0 Å². The van der Waals surface area contributed by atoms with E-state index in [0.717, 1.165) is 56.1 Å². The number of ether oxygens (including phenoxy) is 1. The number of fused-ring (bicyclic) bond motifs is 5. The van der Waals surface area contributed by atoms with Crippen LogP contribution in [0.1, 0.15) is 64.4 Å². The van der Waals surface area contributed by atoms with Gasteiger partial charge in [0.05, 0.1) is 12.2 Å². The van der Waals surface area contributed by atoms with E-state index < -0.39 is 12.5 Å². The molecular formula is C27H33F3O3. The Balaban J connectivity index is 1.39. The first-order valence-electron chi connectivity index (χ1n) is 12.1. The van der Waals surface area contributed by atoms with Crippen LogP contribution in [-0.4, -0.2) is 28.8 Å². The molecule has 6 heteroatoms. The van der Waals surface area contributed by atoms with Gasteiger partial charge < -0.3 is 14.9 Å². The summed E-state index contributed by atoms with van der Waals surface area (Å²) in [5, 5.41) is 21.5. The lowest BCUT2D eigenvalue weighted by atomic mass is 9.48. The molecule has 180 valence electrons. The van der Waals surface area contributed by atoms with Gasteiger partial charge in [0.15, 0.2) is 0 Å². The van der Waals surface area contributed by atoms with Gasteiger partial charge in [0, 0.05) is 5.41 Å². The van der Waals surface area contributed by atoms with Gasteiger partial charge in [0.2, 0.25) is 0 Å². The maximum Gasteiger partial charge on any atom is 0.573 e. The molecule has 0 aromatic heterocycles. The predicted octanol–water partition coefficient (Wildman–Crippen LogP) is 6.26. The van der Waals surface area contributed by atoms with E-state index in [4.69, 9.17) is 0 Å². The van der Waals surface area contributed by atoms with Crippen molar-refractivity contribution in [3.05, 3.63) is 47.1 Å². The maximum absolute atomic E-state index is 12.4. The number of allylic oxidation sites excluding steroid dienone is 1. The van der Waals surface area contributed by atoms with E-state index in [2.05, 4.69) is 24.7 Å². The molecule has 1 aromatic carbocycles. The fraction of sp³-hybridized carbons (Fsp3) is 0.630. The third kappa shape index (κ3) is 3.93. The topological polar surface area (TPSA) is 49.7 Å². The van der Waals surface area contributed by atoms with E-state index in [1.807, 2.05) is 6.08 Å². The number of aliphatic hydroxyl groups is 2. The zero-order valence-corrected chi connectivity index (χ0v) is 19.2. The quantitative estimate of drug-likeness (QED) is 0.510. The average Bonchev–Trinajstić information content (AvgIpc) is 2.99. The molecule has 33 heavy (non-hydrogen) atoms. The van der Waals surface area contributed by atoms with Crippen LogP contribution in [0.3, 0.4) is 0 Å². The van der Waals surface area contributed by atoms with Crippen molar-refractivity contribution < 1.29 is 28.1 Å². The van der Waals surface area contributed by atoms with Crippen LogP contribution >= 0.6 is 0 Å². The van der Waals surface area contributed by atoms with Crippen LogP contribution in [0.25, 0.3) is 6.08 Å². The molecule has 0 heterocycles. The summed E-state index contributed by atoms with van der Waals surface area (Å²) >= 11 is 0. The summed E-state index contributed by atoms with van der Waals surface area (Å²) in [5.41, 5.74) is 3.15. The first kappa shape index (κ1) is 23.0. The highest BCUT2D eigenvalue weighted by Crippen LogP contribution is 2.65. The van der Waals surface area contributed by atoms with Crippen LogP contribution in [0.15, 0.2) is 41.5 Å². The lowest BCUT2D eigenvalue weighted by Crippen LogP contribution is -2.51. The van der Waals surface area contributed by atoms with Gasteiger partial charge in [-0.1, -0.05) is 43.7 Å². The molecule has 3 fully saturated rings. The summed E-state index contributed by atoms with van der Waals surface area (Å²) in [6.45, 7) is 4.60. The van der Waals surface area contributed by atoms with Crippen molar-refractivity contribution in [2.24, 2.45) is 28.6 Å². The van der Waals surface area contributed by atoms with Gasteiger partial charge in [-0.3, -0.25) is 0 Å². The Labute approximate surface area is 193 Å². The Morgan fingerprint density at radius 3 is 2.42 bits per heavy atom. The Hall–Kier alpha value is -1.79. The van der Waals surface area contributed by atoms with Crippen LogP contribution in [0.5, 0.6) is 5.75 Å². The first-order valence-corrected chi connectivity index (χ1v) is 12.1. The summed E-state index contributed by atoms with van der Waals surface area (Å²) in [6, 6.07) is 5.85. The highest BCUT2D eigenvalue weighted by atomic mass is 19.4. The van der Waals surface area contributed by atoms with Gasteiger partial charge in [-0.15, -0.1) is 13.2 Å². The normalized spacial score (nSPS) is 41.7. The van der Waals surface area contributed by atoms with E-state index in [0.29, 0.717) is 17.8 Å². The largest absolute Gasteiger partial charge is 0.573 e. The molecule has 4 aliphatic rings. The van der Waals surface area contributed by atoms with Gasteiger partial charge >= 0.3 is 6.36 Å². The van der Waals surface area contributed by atoms with Crippen molar-refractivity contribution in [2.45, 2.75) is 77.4 Å². The molecule has 1 aromatic rings. The van der Waals surface area contributed by atoms with E-state index in [-0.39, 0.29) is 22.7 Å². The molecule has 0 saturated heterocycles. The molecule has 3 nitrogen and oxygen atoms in total. The van der Waals surface area contributed by atoms with Crippen molar-refractivity contribution in [1.82, 2.24) is 0 Å². The molecule has 0 bridgehead atoms. The Morgan fingerprint density at radius 1 is 1.00 bits per heavy atom. The van der Waals surface area contributed by atoms with Gasteiger partial charge in [0.1, 0.15) is 5.75 Å². The number of halogens is 3. The standard InChI is InChI=1S/C27H33F3O3/c1-25-11-9-19(31)15-18(25)5-8-21-22(25)10-12-26(2)23(21)14-17(24(26)32)13-16-3-6-20(7-4-16)33-27(28,29)30/h3-7,13,19,21-24,31-32H,8-12,14-15H2,1-2H3/b17-13-/t19-,21-,22+,23+,24+,25-,26-/m0/s1. The minimum atomic E-state index is -4.70. The van der Waals surface area contributed by atoms with Crippen molar-refractivity contribution in [1.29, 1.82) is 0 Å². The molecule has 4 aliphatic carbocycles. The predicted molar refractivity (Wildman–Crippen MR) is 120 cm³/mol. The van der Waals surface area contributed by atoms with Gasteiger partial charge in [-0.2, -0.15) is 0 Å². The van der Waals surface area contributed by atoms with Crippen LogP contribution < -0.4 is 4.74 Å². The van der Waals surface area contributed by atoms with Crippen LogP contribution in [0, 0.1) is 28.6 Å². The van der Waals surface area contributed by atoms with Crippen molar-refractivity contribution in [3.8, 4) is 5.75 Å². The summed E-state index contributed by atoms with van der Waals surface area (Å²) in [6.07, 6.45) is 5.44. The fourth-order valence-corrected chi connectivity index (χ4v) is 7.62. The summed E-state index contributed by atoms with van der Waals surface area (Å²) in [5.74, 6) is 1.23. The Kier molecular flexibility index (Phi) is 5.48. The van der Waals surface area contributed by atoms with E-state index in [1.54, 1.807) is 12.1 Å². The molecule has 2 N–H and O–H groups in total. The van der Waals surface area contributed by atoms with Gasteiger partial charge in [-0.25, -0.2) is 0 Å².